The lowest BCUT2D eigenvalue weighted by atomic mass is 10.1. The molecule has 4 nitrogen and oxygen atoms in total. The van der Waals surface area contributed by atoms with Crippen LogP contribution in [0.25, 0.3) is 0 Å². The van der Waals surface area contributed by atoms with Crippen LogP contribution >= 0.6 is 0 Å². The fraction of sp³-hybridized carbons (Fsp3) is 0.556. The number of hydrogen-bond acceptors (Lipinski definition) is 4. The predicted octanol–water partition coefficient (Wildman–Crippen LogP) is 0.562. The number of rotatable bonds is 2. The van der Waals surface area contributed by atoms with Crippen LogP contribution < -0.4 is 10.1 Å². The maximum Gasteiger partial charge on any atom is 0.216 e. The SMILES string of the molecule is COc1ccnc(C2CCNC2)n1. The van der Waals surface area contributed by atoms with E-state index in [4.69, 9.17) is 4.74 Å². The van der Waals surface area contributed by atoms with Crippen LogP contribution in [0.5, 0.6) is 5.88 Å². The number of ether oxygens (including phenoxy) is 1. The van der Waals surface area contributed by atoms with Crippen LogP contribution in [-0.4, -0.2) is 30.2 Å². The van der Waals surface area contributed by atoms with Crippen molar-refractivity contribution in [2.75, 3.05) is 20.2 Å². The van der Waals surface area contributed by atoms with Crippen LogP contribution in [-0.2, 0) is 0 Å². The van der Waals surface area contributed by atoms with Gasteiger partial charge in [0.2, 0.25) is 5.88 Å². The molecule has 0 radical (unpaired) electrons. The third kappa shape index (κ3) is 1.78. The highest BCUT2D eigenvalue weighted by atomic mass is 16.5. The summed E-state index contributed by atoms with van der Waals surface area (Å²) in [5.74, 6) is 2.00. The average Bonchev–Trinajstić information content (AvgIpc) is 2.71. The van der Waals surface area contributed by atoms with E-state index in [1.54, 1.807) is 19.4 Å². The first-order valence-electron chi connectivity index (χ1n) is 4.48. The van der Waals surface area contributed by atoms with Gasteiger partial charge in [-0.1, -0.05) is 0 Å². The lowest BCUT2D eigenvalue weighted by molar-refractivity contribution is 0.393. The van der Waals surface area contributed by atoms with Crippen molar-refractivity contribution in [1.82, 2.24) is 15.3 Å². The normalized spacial score (nSPS) is 21.8. The lowest BCUT2D eigenvalue weighted by Gasteiger charge is -2.06. The van der Waals surface area contributed by atoms with Crippen LogP contribution in [0.4, 0.5) is 0 Å². The van der Waals surface area contributed by atoms with Crippen molar-refractivity contribution in [1.29, 1.82) is 0 Å². The minimum atomic E-state index is 0.454. The minimum Gasteiger partial charge on any atom is -0.481 e. The Morgan fingerprint density at radius 2 is 2.54 bits per heavy atom. The van der Waals surface area contributed by atoms with Gasteiger partial charge in [0.15, 0.2) is 0 Å². The standard InChI is InChI=1S/C9H13N3O/c1-13-8-3-5-11-9(12-8)7-2-4-10-6-7/h3,5,7,10H,2,4,6H2,1H3. The highest BCUT2D eigenvalue weighted by molar-refractivity contribution is 5.11. The highest BCUT2D eigenvalue weighted by Crippen LogP contribution is 2.19. The van der Waals surface area contributed by atoms with E-state index < -0.39 is 0 Å². The van der Waals surface area contributed by atoms with Gasteiger partial charge in [0.05, 0.1) is 7.11 Å². The van der Waals surface area contributed by atoms with Crippen molar-refractivity contribution < 1.29 is 4.74 Å². The maximum atomic E-state index is 5.04. The van der Waals surface area contributed by atoms with Crippen LogP contribution in [0.15, 0.2) is 12.3 Å². The van der Waals surface area contributed by atoms with Crippen molar-refractivity contribution in [3.63, 3.8) is 0 Å². The Kier molecular flexibility index (Phi) is 2.40. The molecule has 0 saturated carbocycles. The summed E-state index contributed by atoms with van der Waals surface area (Å²) < 4.78 is 5.04. The third-order valence-electron chi connectivity index (χ3n) is 2.28. The molecule has 13 heavy (non-hydrogen) atoms. The van der Waals surface area contributed by atoms with Gasteiger partial charge in [0, 0.05) is 24.7 Å². The Morgan fingerprint density at radius 3 is 3.23 bits per heavy atom. The fourth-order valence-electron chi connectivity index (χ4n) is 1.54. The Morgan fingerprint density at radius 1 is 1.62 bits per heavy atom. The van der Waals surface area contributed by atoms with Gasteiger partial charge in [-0.05, 0) is 13.0 Å². The van der Waals surface area contributed by atoms with Gasteiger partial charge in [-0.25, -0.2) is 4.98 Å². The maximum absolute atomic E-state index is 5.04. The molecule has 2 rings (SSSR count). The summed E-state index contributed by atoms with van der Waals surface area (Å²) in [4.78, 5) is 8.54. The monoisotopic (exact) mass is 179 g/mol. The zero-order valence-electron chi connectivity index (χ0n) is 7.66. The van der Waals surface area contributed by atoms with Crippen LogP contribution in [0.1, 0.15) is 18.2 Å². The molecule has 1 aliphatic heterocycles. The van der Waals surface area contributed by atoms with E-state index in [0.717, 1.165) is 25.3 Å². The van der Waals surface area contributed by atoms with Gasteiger partial charge in [-0.2, -0.15) is 4.98 Å². The molecule has 70 valence electrons. The summed E-state index contributed by atoms with van der Waals surface area (Å²) in [5, 5.41) is 3.29. The van der Waals surface area contributed by atoms with Crippen molar-refractivity contribution in [3.8, 4) is 5.88 Å². The van der Waals surface area contributed by atoms with Crippen molar-refractivity contribution >= 4 is 0 Å². The van der Waals surface area contributed by atoms with E-state index in [0.29, 0.717) is 11.8 Å². The number of nitrogens with one attached hydrogen (secondary N) is 1. The van der Waals surface area contributed by atoms with Gasteiger partial charge >= 0.3 is 0 Å². The van der Waals surface area contributed by atoms with Crippen LogP contribution in [0.3, 0.4) is 0 Å². The lowest BCUT2D eigenvalue weighted by Crippen LogP contribution is -2.10. The first kappa shape index (κ1) is 8.44. The Bertz CT molecular complexity index is 284. The molecule has 1 N–H and O–H groups in total. The number of methoxy groups -OCH3 is 1. The van der Waals surface area contributed by atoms with Gasteiger partial charge in [0.1, 0.15) is 5.82 Å². The second kappa shape index (κ2) is 3.70. The molecular weight excluding hydrogens is 166 g/mol. The van der Waals surface area contributed by atoms with E-state index in [1.165, 1.54) is 0 Å². The van der Waals surface area contributed by atoms with Crippen LogP contribution in [0, 0.1) is 0 Å². The summed E-state index contributed by atoms with van der Waals surface area (Å²) in [6.07, 6.45) is 2.87. The molecule has 1 aromatic rings. The Labute approximate surface area is 77.4 Å². The van der Waals surface area contributed by atoms with E-state index >= 15 is 0 Å². The number of hydrogen-bond donors (Lipinski definition) is 1. The molecule has 0 bridgehead atoms. The molecule has 1 aromatic heterocycles. The molecule has 1 saturated heterocycles. The van der Waals surface area contributed by atoms with Gasteiger partial charge in [-0.3, -0.25) is 0 Å². The van der Waals surface area contributed by atoms with E-state index in [9.17, 15) is 0 Å². The second-order valence-corrected chi connectivity index (χ2v) is 3.15. The summed E-state index contributed by atoms with van der Waals surface area (Å²) in [5.41, 5.74) is 0. The van der Waals surface area contributed by atoms with E-state index in [1.807, 2.05) is 0 Å². The molecule has 1 unspecified atom stereocenters. The van der Waals surface area contributed by atoms with Crippen molar-refractivity contribution in [2.45, 2.75) is 12.3 Å². The van der Waals surface area contributed by atoms with Crippen molar-refractivity contribution in [3.05, 3.63) is 18.1 Å². The Balaban J connectivity index is 2.18. The molecule has 1 aliphatic rings. The smallest absolute Gasteiger partial charge is 0.216 e. The minimum absolute atomic E-state index is 0.454. The van der Waals surface area contributed by atoms with E-state index in [2.05, 4.69) is 15.3 Å². The molecule has 4 heteroatoms. The third-order valence-corrected chi connectivity index (χ3v) is 2.28. The summed E-state index contributed by atoms with van der Waals surface area (Å²) in [6, 6.07) is 1.77. The van der Waals surface area contributed by atoms with Gasteiger partial charge < -0.3 is 10.1 Å². The average molecular weight is 179 g/mol. The fourth-order valence-corrected chi connectivity index (χ4v) is 1.54. The van der Waals surface area contributed by atoms with Crippen LogP contribution in [0.2, 0.25) is 0 Å². The Hall–Kier alpha value is -1.16. The molecular formula is C9H13N3O. The molecule has 1 fully saturated rings. The first-order chi connectivity index (χ1) is 6.40. The molecule has 0 spiro atoms. The highest BCUT2D eigenvalue weighted by Gasteiger charge is 2.19. The summed E-state index contributed by atoms with van der Waals surface area (Å²) >= 11 is 0. The van der Waals surface area contributed by atoms with Gasteiger partial charge in [-0.15, -0.1) is 0 Å². The van der Waals surface area contributed by atoms with Gasteiger partial charge in [0.25, 0.3) is 0 Å². The molecule has 2 heterocycles. The zero-order chi connectivity index (χ0) is 9.10. The quantitative estimate of drug-likeness (QED) is 0.720. The predicted molar refractivity (Wildman–Crippen MR) is 48.8 cm³/mol. The molecule has 0 aliphatic carbocycles. The van der Waals surface area contributed by atoms with Crippen molar-refractivity contribution in [2.24, 2.45) is 0 Å². The molecule has 1 atom stereocenters. The number of aromatic nitrogens is 2. The first-order valence-corrected chi connectivity index (χ1v) is 4.48. The molecule has 0 amide bonds. The summed E-state index contributed by atoms with van der Waals surface area (Å²) in [7, 11) is 1.62. The second-order valence-electron chi connectivity index (χ2n) is 3.15. The zero-order valence-corrected chi connectivity index (χ0v) is 7.66. The number of nitrogens with zero attached hydrogens (tertiary/aromatic N) is 2. The topological polar surface area (TPSA) is 47.0 Å². The largest absolute Gasteiger partial charge is 0.481 e. The molecule has 0 aromatic carbocycles. The van der Waals surface area contributed by atoms with E-state index in [-0.39, 0.29) is 0 Å². The summed E-state index contributed by atoms with van der Waals surface area (Å²) in [6.45, 7) is 2.04.